The Morgan fingerprint density at radius 2 is 1.92 bits per heavy atom. The number of rotatable bonds is 8. The number of imidazole rings is 1. The molecule has 1 aliphatic carbocycles. The van der Waals surface area contributed by atoms with Crippen LogP contribution in [0.5, 0.6) is 0 Å². The summed E-state index contributed by atoms with van der Waals surface area (Å²) in [4.78, 5) is 43.2. The number of ether oxygens (including phenoxy) is 1. The van der Waals surface area contributed by atoms with Crippen LogP contribution in [0.15, 0.2) is 77.9 Å². The number of pyridine rings is 1. The van der Waals surface area contributed by atoms with Gasteiger partial charge in [-0.2, -0.15) is 0 Å². The second-order valence-electron chi connectivity index (χ2n) is 13.7. The molecule has 0 saturated carbocycles. The molecule has 1 aliphatic heterocycles. The number of carbonyl (C=O) groups excluding carboxylic acids is 2. The zero-order valence-corrected chi connectivity index (χ0v) is 30.3. The largest absolute Gasteiger partial charge is 0.444 e. The van der Waals surface area contributed by atoms with Crippen molar-refractivity contribution in [1.82, 2.24) is 29.2 Å². The van der Waals surface area contributed by atoms with Crippen molar-refractivity contribution in [2.45, 2.75) is 70.8 Å². The van der Waals surface area contributed by atoms with Crippen LogP contribution in [0.1, 0.15) is 61.2 Å². The lowest BCUT2D eigenvalue weighted by Gasteiger charge is -2.45. The fraction of sp³-hybridized carbons (Fsp3) is 0.405. The molecule has 1 fully saturated rings. The minimum absolute atomic E-state index is 0.197. The number of hydrogen-bond acceptors (Lipinski definition) is 6. The van der Waals surface area contributed by atoms with Crippen molar-refractivity contribution in [3.63, 3.8) is 0 Å². The average molecular weight is 752 g/mol. The van der Waals surface area contributed by atoms with Gasteiger partial charge in [-0.15, -0.1) is 0 Å². The van der Waals surface area contributed by atoms with Gasteiger partial charge in [0.1, 0.15) is 17.5 Å². The predicted octanol–water partition coefficient (Wildman–Crippen LogP) is 7.06. The Hall–Kier alpha value is -3.80. The molecule has 49 heavy (non-hydrogen) atoms. The van der Waals surface area contributed by atoms with Crippen molar-refractivity contribution in [3.05, 3.63) is 117 Å². The molecule has 6 rings (SSSR count). The highest BCUT2D eigenvalue weighted by Crippen LogP contribution is 2.39. The molecule has 9 nitrogen and oxygen atoms in total. The summed E-state index contributed by atoms with van der Waals surface area (Å²) in [6.07, 6.45) is 8.85. The maximum atomic E-state index is 14.8. The van der Waals surface area contributed by atoms with E-state index in [2.05, 4.69) is 37.9 Å². The molecule has 258 valence electrons. The molecule has 0 bridgehead atoms. The molecule has 1 unspecified atom stereocenters. The molecule has 3 heterocycles. The fourth-order valence-electron chi connectivity index (χ4n) is 6.77. The standard InChI is InChI=1S/C37H41BrClFN6O3/c1-37(2,3)49-36(48)46-17-16-44(34-31-11-10-29(39)20-26(31)8-9-27-19-28(38)21-42-33(27)34)23-32(46)35(47)45(14-5-13-43-15-12-41-24-43)22-25-6-4-7-30(40)18-25/h4,6-7,10-12,15,18-21,24,32,34H,5,8-9,13-14,16-17,22-23H2,1-3H3/t32-,34?/m1/s1. The maximum absolute atomic E-state index is 14.8. The van der Waals surface area contributed by atoms with Crippen LogP contribution in [-0.2, 0) is 35.5 Å². The van der Waals surface area contributed by atoms with Crippen LogP contribution in [0.2, 0.25) is 5.02 Å². The molecule has 12 heteroatoms. The van der Waals surface area contributed by atoms with E-state index in [0.29, 0.717) is 36.6 Å². The lowest BCUT2D eigenvalue weighted by molar-refractivity contribution is -0.140. The molecular formula is C37H41BrClFN6O3. The van der Waals surface area contributed by atoms with Gasteiger partial charge in [-0.3, -0.25) is 19.6 Å². The third kappa shape index (κ3) is 8.51. The number of nitrogens with zero attached hydrogens (tertiary/aromatic N) is 6. The van der Waals surface area contributed by atoms with Crippen molar-refractivity contribution >= 4 is 39.5 Å². The Balaban J connectivity index is 1.36. The van der Waals surface area contributed by atoms with E-state index in [1.165, 1.54) is 12.1 Å². The highest BCUT2D eigenvalue weighted by atomic mass is 79.9. The normalized spacial score (nSPS) is 18.0. The van der Waals surface area contributed by atoms with E-state index in [1.54, 1.807) is 28.4 Å². The van der Waals surface area contributed by atoms with Gasteiger partial charge in [0.2, 0.25) is 5.91 Å². The molecule has 2 amide bonds. The summed E-state index contributed by atoms with van der Waals surface area (Å²) >= 11 is 10.1. The van der Waals surface area contributed by atoms with E-state index in [9.17, 15) is 14.0 Å². The molecule has 4 aromatic rings. The third-order valence-electron chi connectivity index (χ3n) is 8.96. The van der Waals surface area contributed by atoms with Gasteiger partial charge in [0.25, 0.3) is 0 Å². The van der Waals surface area contributed by atoms with E-state index in [0.717, 1.165) is 39.7 Å². The Morgan fingerprint density at radius 1 is 1.10 bits per heavy atom. The number of amides is 2. The van der Waals surface area contributed by atoms with Crippen LogP contribution in [0.4, 0.5) is 9.18 Å². The van der Waals surface area contributed by atoms with Crippen molar-refractivity contribution in [2.75, 3.05) is 26.2 Å². The Bertz CT molecular complexity index is 1750. The van der Waals surface area contributed by atoms with Gasteiger partial charge in [-0.05, 0) is 109 Å². The second kappa shape index (κ2) is 15.0. The van der Waals surface area contributed by atoms with Crippen LogP contribution in [0.25, 0.3) is 0 Å². The van der Waals surface area contributed by atoms with Gasteiger partial charge >= 0.3 is 6.09 Å². The van der Waals surface area contributed by atoms with Crippen LogP contribution in [0.3, 0.4) is 0 Å². The number of benzene rings is 2. The summed E-state index contributed by atoms with van der Waals surface area (Å²) in [6.45, 7) is 7.73. The van der Waals surface area contributed by atoms with Crippen LogP contribution < -0.4 is 0 Å². The van der Waals surface area contributed by atoms with E-state index in [4.69, 9.17) is 21.3 Å². The Labute approximate surface area is 300 Å². The Morgan fingerprint density at radius 3 is 2.67 bits per heavy atom. The summed E-state index contributed by atoms with van der Waals surface area (Å²) in [5.74, 6) is -0.591. The lowest BCUT2D eigenvalue weighted by Crippen LogP contribution is -2.62. The first-order valence-corrected chi connectivity index (χ1v) is 17.8. The van der Waals surface area contributed by atoms with E-state index < -0.39 is 17.7 Å². The molecule has 2 aromatic heterocycles. The maximum Gasteiger partial charge on any atom is 0.411 e. The fourth-order valence-corrected chi connectivity index (χ4v) is 7.34. The SMILES string of the molecule is CC(C)(C)OC(=O)N1CCN(C2c3ccc(Cl)cc3CCc3cc(Br)cnc32)C[C@@H]1C(=O)N(CCCn1ccnc1)Cc1cccc(F)c1. The first kappa shape index (κ1) is 35.0. The van der Waals surface area contributed by atoms with Crippen LogP contribution in [-0.4, -0.2) is 79.1 Å². The zero-order valence-electron chi connectivity index (χ0n) is 28.0. The molecule has 2 aromatic carbocycles. The Kier molecular flexibility index (Phi) is 10.7. The van der Waals surface area contributed by atoms with Crippen LogP contribution in [0, 0.1) is 5.82 Å². The molecule has 0 radical (unpaired) electrons. The summed E-state index contributed by atoms with van der Waals surface area (Å²) < 4.78 is 23.0. The minimum Gasteiger partial charge on any atom is -0.444 e. The number of aromatic nitrogens is 3. The molecule has 1 saturated heterocycles. The number of fused-ring (bicyclic) bond motifs is 2. The van der Waals surface area contributed by atoms with Gasteiger partial charge in [-0.25, -0.2) is 14.2 Å². The van der Waals surface area contributed by atoms with E-state index in [1.807, 2.05) is 55.9 Å². The summed E-state index contributed by atoms with van der Waals surface area (Å²) in [6, 6.07) is 13.3. The van der Waals surface area contributed by atoms with Gasteiger partial charge in [0.15, 0.2) is 0 Å². The van der Waals surface area contributed by atoms with Crippen molar-refractivity contribution in [2.24, 2.45) is 0 Å². The van der Waals surface area contributed by atoms with E-state index in [-0.39, 0.29) is 37.4 Å². The average Bonchev–Trinajstić information content (AvgIpc) is 3.52. The number of carbonyl (C=O) groups is 2. The summed E-state index contributed by atoms with van der Waals surface area (Å²) in [7, 11) is 0. The zero-order chi connectivity index (χ0) is 34.7. The smallest absolute Gasteiger partial charge is 0.411 e. The number of hydrogen-bond donors (Lipinski definition) is 0. The number of piperazine rings is 1. The number of halogens is 3. The van der Waals surface area contributed by atoms with Gasteiger partial charge in [0, 0.05) is 67.4 Å². The monoisotopic (exact) mass is 750 g/mol. The van der Waals surface area contributed by atoms with Gasteiger partial charge < -0.3 is 14.2 Å². The molecule has 2 aliphatic rings. The molecule has 0 N–H and O–H groups in total. The van der Waals surface area contributed by atoms with Crippen molar-refractivity contribution in [3.8, 4) is 0 Å². The highest BCUT2D eigenvalue weighted by Gasteiger charge is 2.43. The molecule has 2 atom stereocenters. The van der Waals surface area contributed by atoms with Gasteiger partial charge in [0.05, 0.1) is 18.1 Å². The van der Waals surface area contributed by atoms with Crippen LogP contribution >= 0.6 is 27.5 Å². The minimum atomic E-state index is -0.858. The van der Waals surface area contributed by atoms with Gasteiger partial charge in [-0.1, -0.05) is 29.8 Å². The lowest BCUT2D eigenvalue weighted by atomic mass is 9.95. The first-order chi connectivity index (χ1) is 23.4. The van der Waals surface area contributed by atoms with Crippen molar-refractivity contribution < 1.29 is 18.7 Å². The van der Waals surface area contributed by atoms with E-state index >= 15 is 0 Å². The summed E-state index contributed by atoms with van der Waals surface area (Å²) in [5, 5.41) is 0.670. The summed E-state index contributed by atoms with van der Waals surface area (Å²) in [5.41, 5.74) is 4.20. The number of aryl methyl sites for hydroxylation is 3. The second-order valence-corrected chi connectivity index (χ2v) is 15.0. The topological polar surface area (TPSA) is 83.8 Å². The molecule has 0 spiro atoms. The van der Waals surface area contributed by atoms with Crippen molar-refractivity contribution in [1.29, 1.82) is 0 Å². The first-order valence-electron chi connectivity index (χ1n) is 16.6. The highest BCUT2D eigenvalue weighted by molar-refractivity contribution is 9.10. The molecular weight excluding hydrogens is 711 g/mol. The predicted molar refractivity (Wildman–Crippen MR) is 190 cm³/mol. The quantitative estimate of drug-likeness (QED) is 0.192. The third-order valence-corrected chi connectivity index (χ3v) is 9.63.